The predicted molar refractivity (Wildman–Crippen MR) is 172 cm³/mol. The lowest BCUT2D eigenvalue weighted by molar-refractivity contribution is -0.121. The molecule has 4 N–H and O–H groups in total. The second kappa shape index (κ2) is 11.6. The molecular weight excluding hydrogens is 504 g/mol. The van der Waals surface area contributed by atoms with Crippen molar-refractivity contribution in [1.29, 1.82) is 0 Å². The van der Waals surface area contributed by atoms with E-state index >= 15 is 0 Å². The number of hydrogen-bond acceptors (Lipinski definition) is 4. The second-order valence-electron chi connectivity index (χ2n) is 15.6. The summed E-state index contributed by atoms with van der Waals surface area (Å²) in [6, 6.07) is 5.36. The minimum absolute atomic E-state index is 0.00512. The van der Waals surface area contributed by atoms with Gasteiger partial charge < -0.3 is 20.9 Å². The molecule has 4 aliphatic rings. The molecule has 3 saturated carbocycles. The van der Waals surface area contributed by atoms with Gasteiger partial charge in [-0.15, -0.1) is 0 Å². The van der Waals surface area contributed by atoms with Crippen LogP contribution in [0.5, 0.6) is 5.75 Å². The van der Waals surface area contributed by atoms with Gasteiger partial charge in [0.1, 0.15) is 5.75 Å². The van der Waals surface area contributed by atoms with Crippen molar-refractivity contribution in [2.45, 2.75) is 119 Å². The Kier molecular flexibility index (Phi) is 8.65. The highest BCUT2D eigenvalue weighted by molar-refractivity contribution is 5.56. The van der Waals surface area contributed by atoms with Crippen LogP contribution in [0.1, 0.15) is 113 Å². The standard InChI is InChI=1S/C37H58N2O2/c1-24(2)10-8-9-11-25(3)30-13-14-31-29-12-15-33-35(4,5)34(41-23-40-28-21-26(38)20-27(39)22-28)17-19-37(33,7)32(29)16-18-36(30,31)6/h10,15,20-22,25,29-32,34H,8-9,11-14,16-19,23,38-39H2,1-7H3. The molecule has 1 aromatic carbocycles. The molecule has 4 nitrogen and oxygen atoms in total. The molecular formula is C37H58N2O2. The fourth-order valence-electron chi connectivity index (χ4n) is 10.6. The molecule has 4 aliphatic carbocycles. The molecule has 0 radical (unpaired) electrons. The molecule has 8 atom stereocenters. The Morgan fingerprint density at radius 2 is 1.71 bits per heavy atom. The van der Waals surface area contributed by atoms with Crippen molar-refractivity contribution in [3.8, 4) is 5.75 Å². The zero-order valence-corrected chi connectivity index (χ0v) is 27.1. The average molecular weight is 563 g/mol. The minimum atomic E-state index is -0.00512. The van der Waals surface area contributed by atoms with Crippen molar-refractivity contribution in [3.63, 3.8) is 0 Å². The Morgan fingerprint density at radius 3 is 2.41 bits per heavy atom. The van der Waals surface area contributed by atoms with Crippen molar-refractivity contribution < 1.29 is 9.47 Å². The van der Waals surface area contributed by atoms with Crippen LogP contribution in [0.15, 0.2) is 41.5 Å². The van der Waals surface area contributed by atoms with Crippen LogP contribution in [0.4, 0.5) is 11.4 Å². The highest BCUT2D eigenvalue weighted by Gasteiger charge is 2.61. The maximum Gasteiger partial charge on any atom is 0.189 e. The number of hydrogen-bond donors (Lipinski definition) is 2. The van der Waals surface area contributed by atoms with Gasteiger partial charge in [-0.1, -0.05) is 64.3 Å². The Morgan fingerprint density at radius 1 is 0.976 bits per heavy atom. The lowest BCUT2D eigenvalue weighted by Gasteiger charge is -2.61. The molecule has 3 fully saturated rings. The van der Waals surface area contributed by atoms with Gasteiger partial charge >= 0.3 is 0 Å². The van der Waals surface area contributed by atoms with Gasteiger partial charge in [0.05, 0.1) is 6.10 Å². The van der Waals surface area contributed by atoms with E-state index < -0.39 is 0 Å². The van der Waals surface area contributed by atoms with E-state index in [9.17, 15) is 0 Å². The number of benzene rings is 1. The summed E-state index contributed by atoms with van der Waals surface area (Å²) >= 11 is 0. The van der Waals surface area contributed by atoms with Crippen LogP contribution in [0.3, 0.4) is 0 Å². The zero-order valence-electron chi connectivity index (χ0n) is 27.1. The molecule has 8 unspecified atom stereocenters. The van der Waals surface area contributed by atoms with Crippen molar-refractivity contribution in [1.82, 2.24) is 0 Å². The van der Waals surface area contributed by atoms with Gasteiger partial charge in [-0.25, -0.2) is 0 Å². The molecule has 0 saturated heterocycles. The van der Waals surface area contributed by atoms with Gasteiger partial charge in [0.2, 0.25) is 0 Å². The lowest BCUT2D eigenvalue weighted by Crippen LogP contribution is -2.55. The van der Waals surface area contributed by atoms with Gasteiger partial charge in [0.25, 0.3) is 0 Å². The Bertz CT molecular complexity index is 1130. The zero-order chi connectivity index (χ0) is 29.6. The number of rotatable bonds is 9. The second-order valence-corrected chi connectivity index (χ2v) is 15.6. The van der Waals surface area contributed by atoms with Crippen LogP contribution in [0.25, 0.3) is 0 Å². The first-order valence-corrected chi connectivity index (χ1v) is 16.6. The van der Waals surface area contributed by atoms with E-state index in [1.54, 1.807) is 11.6 Å². The van der Waals surface area contributed by atoms with E-state index in [1.165, 1.54) is 63.4 Å². The molecule has 0 aromatic heterocycles. The van der Waals surface area contributed by atoms with Crippen molar-refractivity contribution in [3.05, 3.63) is 41.5 Å². The molecule has 0 spiro atoms. The summed E-state index contributed by atoms with van der Waals surface area (Å²) in [6.07, 6.45) is 18.5. The summed E-state index contributed by atoms with van der Waals surface area (Å²) in [5.74, 6) is 4.94. The fraction of sp³-hybridized carbons (Fsp3) is 0.730. The molecule has 0 bridgehead atoms. The number of anilines is 2. The SMILES string of the molecule is CC(C)=CCCCC(C)C1CCC2C3CC=C4C(C)(C)C(OCOc5cc(N)cc(N)c5)CCC4(C)C3CCC12C. The summed E-state index contributed by atoms with van der Waals surface area (Å²) in [5, 5.41) is 0. The molecule has 1 aromatic rings. The van der Waals surface area contributed by atoms with Crippen molar-refractivity contribution in [2.24, 2.45) is 45.8 Å². The molecule has 41 heavy (non-hydrogen) atoms. The van der Waals surface area contributed by atoms with E-state index in [1.807, 2.05) is 12.1 Å². The topological polar surface area (TPSA) is 70.5 Å². The van der Waals surface area contributed by atoms with Crippen LogP contribution in [-0.2, 0) is 4.74 Å². The lowest BCUT2D eigenvalue weighted by atomic mass is 9.44. The number of nitrogens with two attached hydrogens (primary N) is 2. The number of ether oxygens (including phenoxy) is 2. The van der Waals surface area contributed by atoms with Crippen LogP contribution in [0, 0.1) is 45.8 Å². The summed E-state index contributed by atoms with van der Waals surface area (Å²) in [4.78, 5) is 0. The number of unbranched alkanes of at least 4 members (excludes halogenated alkanes) is 1. The maximum absolute atomic E-state index is 6.44. The van der Waals surface area contributed by atoms with Crippen molar-refractivity contribution >= 4 is 11.4 Å². The molecule has 4 heteroatoms. The van der Waals surface area contributed by atoms with E-state index in [0.29, 0.717) is 22.5 Å². The first-order valence-electron chi connectivity index (χ1n) is 16.6. The van der Waals surface area contributed by atoms with Gasteiger partial charge in [-0.3, -0.25) is 0 Å². The van der Waals surface area contributed by atoms with Gasteiger partial charge in [0.15, 0.2) is 6.79 Å². The smallest absolute Gasteiger partial charge is 0.189 e. The van der Waals surface area contributed by atoms with E-state index in [-0.39, 0.29) is 23.7 Å². The maximum atomic E-state index is 6.44. The molecule has 228 valence electrons. The number of allylic oxidation sites excluding steroid dienone is 3. The van der Waals surface area contributed by atoms with Crippen LogP contribution >= 0.6 is 0 Å². The minimum Gasteiger partial charge on any atom is -0.467 e. The van der Waals surface area contributed by atoms with Crippen LogP contribution in [-0.4, -0.2) is 12.9 Å². The first kappa shape index (κ1) is 30.5. The van der Waals surface area contributed by atoms with Crippen LogP contribution < -0.4 is 16.2 Å². The third-order valence-electron chi connectivity index (χ3n) is 12.5. The summed E-state index contributed by atoms with van der Waals surface area (Å²) < 4.78 is 12.4. The largest absolute Gasteiger partial charge is 0.467 e. The number of nitrogen functional groups attached to an aromatic ring is 2. The van der Waals surface area contributed by atoms with Crippen LogP contribution in [0.2, 0.25) is 0 Å². The molecule has 0 amide bonds. The highest BCUT2D eigenvalue weighted by atomic mass is 16.7. The van der Waals surface area contributed by atoms with E-state index in [4.69, 9.17) is 20.9 Å². The normalized spacial score (nSPS) is 36.4. The van der Waals surface area contributed by atoms with Gasteiger partial charge in [-0.05, 0) is 118 Å². The third-order valence-corrected chi connectivity index (χ3v) is 12.5. The summed E-state index contributed by atoms with van der Waals surface area (Å²) in [7, 11) is 0. The quantitative estimate of drug-likeness (QED) is 0.136. The average Bonchev–Trinajstić information content (AvgIpc) is 3.24. The van der Waals surface area contributed by atoms with Crippen molar-refractivity contribution in [2.75, 3.05) is 18.3 Å². The Labute approximate surface area is 250 Å². The van der Waals surface area contributed by atoms with Gasteiger partial charge in [0, 0.05) is 28.9 Å². The molecule has 5 rings (SSSR count). The van der Waals surface area contributed by atoms with Gasteiger partial charge in [-0.2, -0.15) is 0 Å². The van der Waals surface area contributed by atoms with E-state index in [0.717, 1.165) is 36.0 Å². The Hall–Kier alpha value is -1.94. The fourth-order valence-corrected chi connectivity index (χ4v) is 10.6. The Balaban J connectivity index is 1.25. The highest BCUT2D eigenvalue weighted by Crippen LogP contribution is 2.69. The monoisotopic (exact) mass is 562 g/mol. The third kappa shape index (κ3) is 5.71. The summed E-state index contributed by atoms with van der Waals surface area (Å²) in [5.41, 5.74) is 17.0. The predicted octanol–water partition coefficient (Wildman–Crippen LogP) is 9.56. The number of fused-ring (bicyclic) bond motifs is 5. The molecule has 0 aliphatic heterocycles. The molecule has 0 heterocycles. The first-order chi connectivity index (χ1) is 19.4. The summed E-state index contributed by atoms with van der Waals surface area (Å²) in [6.45, 7) is 17.4. The van der Waals surface area contributed by atoms with E-state index in [2.05, 4.69) is 60.6 Å².